The summed E-state index contributed by atoms with van der Waals surface area (Å²) in [5, 5.41) is 11.2. The van der Waals surface area contributed by atoms with Crippen molar-refractivity contribution in [2.75, 3.05) is 6.61 Å². The summed E-state index contributed by atoms with van der Waals surface area (Å²) >= 11 is 3.53. The molecule has 3 rings (SSSR count). The van der Waals surface area contributed by atoms with Gasteiger partial charge in [-0.2, -0.15) is 0 Å². The van der Waals surface area contributed by atoms with Crippen LogP contribution in [0.4, 0.5) is 0 Å². The van der Waals surface area contributed by atoms with E-state index in [1.54, 1.807) is 11.3 Å². The van der Waals surface area contributed by atoms with Crippen LogP contribution in [0.2, 0.25) is 0 Å². The maximum Gasteiger partial charge on any atom is 0.0771 e. The van der Waals surface area contributed by atoms with Crippen LogP contribution in [0.15, 0.2) is 47.5 Å². The second kappa shape index (κ2) is 6.86. The smallest absolute Gasteiger partial charge is 0.0771 e. The molecule has 0 saturated carbocycles. The van der Waals surface area contributed by atoms with Crippen molar-refractivity contribution in [3.63, 3.8) is 0 Å². The molecule has 0 aliphatic rings. The van der Waals surface area contributed by atoms with Crippen LogP contribution in [0, 0.1) is 11.8 Å². The minimum absolute atomic E-state index is 0.126. The topological polar surface area (TPSA) is 36.0 Å². The number of aliphatic hydroxyl groups excluding tert-OH is 1. The Hall–Kier alpha value is -1.67. The van der Waals surface area contributed by atoms with Crippen LogP contribution in [0.3, 0.4) is 0 Å². The van der Waals surface area contributed by atoms with Gasteiger partial charge in [0, 0.05) is 28.0 Å². The molecule has 2 aromatic heterocycles. The first-order valence-corrected chi connectivity index (χ1v) is 8.54. The minimum atomic E-state index is 0.126. The van der Waals surface area contributed by atoms with Gasteiger partial charge in [0.1, 0.15) is 0 Å². The van der Waals surface area contributed by atoms with Crippen molar-refractivity contribution in [2.45, 2.75) is 17.2 Å². The van der Waals surface area contributed by atoms with Crippen molar-refractivity contribution >= 4 is 34.0 Å². The lowest BCUT2D eigenvalue weighted by Crippen LogP contribution is -1.75. The molecule has 1 aromatic carbocycles. The van der Waals surface area contributed by atoms with Crippen LogP contribution in [-0.4, -0.2) is 16.7 Å². The van der Waals surface area contributed by atoms with Gasteiger partial charge in [-0.05, 0) is 24.3 Å². The Morgan fingerprint density at radius 1 is 1.19 bits per heavy atom. The summed E-state index contributed by atoms with van der Waals surface area (Å²) in [6, 6.07) is 14.7. The number of aromatic amines is 1. The van der Waals surface area contributed by atoms with E-state index in [1.165, 1.54) is 20.8 Å². The highest BCUT2D eigenvalue weighted by Gasteiger charge is 2.03. The highest BCUT2D eigenvalue weighted by molar-refractivity contribution is 7.98. The van der Waals surface area contributed by atoms with Gasteiger partial charge in [-0.3, -0.25) is 0 Å². The number of thioether (sulfide) groups is 1. The summed E-state index contributed by atoms with van der Waals surface area (Å²) in [6.45, 7) is 0.126. The fraction of sp³-hybridized carbons (Fsp3) is 0.176. The summed E-state index contributed by atoms with van der Waals surface area (Å²) < 4.78 is 0. The van der Waals surface area contributed by atoms with E-state index in [0.29, 0.717) is 6.42 Å². The number of thiophene rings is 1. The Morgan fingerprint density at radius 3 is 2.95 bits per heavy atom. The predicted molar refractivity (Wildman–Crippen MR) is 90.8 cm³/mol. The van der Waals surface area contributed by atoms with Gasteiger partial charge in [-0.15, -0.1) is 23.1 Å². The Labute approximate surface area is 132 Å². The van der Waals surface area contributed by atoms with Gasteiger partial charge in [0.2, 0.25) is 0 Å². The Morgan fingerprint density at radius 2 is 2.10 bits per heavy atom. The largest absolute Gasteiger partial charge is 0.395 e. The van der Waals surface area contributed by atoms with Crippen molar-refractivity contribution in [2.24, 2.45) is 0 Å². The molecule has 0 atom stereocenters. The third kappa shape index (κ3) is 3.70. The lowest BCUT2D eigenvalue weighted by molar-refractivity contribution is 0.305. The van der Waals surface area contributed by atoms with Gasteiger partial charge < -0.3 is 10.1 Å². The van der Waals surface area contributed by atoms with E-state index in [4.69, 9.17) is 5.11 Å². The van der Waals surface area contributed by atoms with Gasteiger partial charge in [0.05, 0.1) is 16.5 Å². The first-order chi connectivity index (χ1) is 10.3. The molecule has 2 nitrogen and oxygen atoms in total. The van der Waals surface area contributed by atoms with Gasteiger partial charge >= 0.3 is 0 Å². The van der Waals surface area contributed by atoms with Crippen LogP contribution in [0.25, 0.3) is 10.9 Å². The average molecular weight is 313 g/mol. The highest BCUT2D eigenvalue weighted by atomic mass is 32.2. The van der Waals surface area contributed by atoms with E-state index in [2.05, 4.69) is 53.2 Å². The van der Waals surface area contributed by atoms with Gasteiger partial charge in [0.15, 0.2) is 0 Å². The van der Waals surface area contributed by atoms with E-state index >= 15 is 0 Å². The van der Waals surface area contributed by atoms with Crippen molar-refractivity contribution in [1.82, 2.24) is 4.98 Å². The highest BCUT2D eigenvalue weighted by Crippen LogP contribution is 2.28. The summed E-state index contributed by atoms with van der Waals surface area (Å²) in [5.74, 6) is 6.97. The first-order valence-electron chi connectivity index (χ1n) is 6.74. The number of fused-ring (bicyclic) bond motifs is 1. The molecule has 0 spiro atoms. The van der Waals surface area contributed by atoms with Crippen molar-refractivity contribution < 1.29 is 5.11 Å². The fourth-order valence-corrected chi connectivity index (χ4v) is 3.88. The lowest BCUT2D eigenvalue weighted by Gasteiger charge is -1.94. The molecular formula is C17H15NOS2. The number of rotatable bonds is 4. The Kier molecular flexibility index (Phi) is 4.66. The third-order valence-electron chi connectivity index (χ3n) is 2.99. The molecule has 0 aliphatic carbocycles. The van der Waals surface area contributed by atoms with Crippen LogP contribution in [-0.2, 0) is 5.75 Å². The van der Waals surface area contributed by atoms with Crippen molar-refractivity contribution in [3.05, 3.63) is 52.2 Å². The number of H-pyrrole nitrogens is 1. The molecule has 2 N–H and O–H groups in total. The van der Waals surface area contributed by atoms with Crippen LogP contribution in [0.1, 0.15) is 16.2 Å². The standard InChI is InChI=1S/C17H15NOS2/c19-10-4-3-6-14-8-9-15(21-14)12-20-17-11-13-5-1-2-7-16(13)18-17/h1-2,5,7-9,11,18-19H,4,10,12H2. The normalized spacial score (nSPS) is 10.5. The minimum Gasteiger partial charge on any atom is -0.395 e. The maximum atomic E-state index is 8.71. The molecule has 0 fully saturated rings. The zero-order valence-electron chi connectivity index (χ0n) is 11.4. The quantitative estimate of drug-likeness (QED) is 0.558. The molecule has 0 bridgehead atoms. The molecular weight excluding hydrogens is 298 g/mol. The first kappa shape index (κ1) is 14.3. The Bertz CT molecular complexity index is 759. The van der Waals surface area contributed by atoms with E-state index in [9.17, 15) is 0 Å². The molecule has 0 aliphatic heterocycles. The van der Waals surface area contributed by atoms with Gasteiger partial charge in [-0.25, -0.2) is 0 Å². The predicted octanol–water partition coefficient (Wildman–Crippen LogP) is 4.26. The van der Waals surface area contributed by atoms with E-state index < -0.39 is 0 Å². The number of hydrogen-bond donors (Lipinski definition) is 2. The van der Waals surface area contributed by atoms with E-state index in [-0.39, 0.29) is 6.61 Å². The SMILES string of the molecule is OCCC#Cc1ccc(CSc2cc3ccccc3[nH]2)s1. The van der Waals surface area contributed by atoms with Gasteiger partial charge in [-0.1, -0.05) is 30.0 Å². The Balaban J connectivity index is 1.63. The van der Waals surface area contributed by atoms with Gasteiger partial charge in [0.25, 0.3) is 0 Å². The van der Waals surface area contributed by atoms with Crippen LogP contribution >= 0.6 is 23.1 Å². The molecule has 106 valence electrons. The number of aliphatic hydroxyl groups is 1. The molecule has 0 amide bonds. The number of aromatic nitrogens is 1. The lowest BCUT2D eigenvalue weighted by atomic mass is 10.3. The number of para-hydroxylation sites is 1. The average Bonchev–Trinajstić information content (AvgIpc) is 3.11. The second-order valence-corrected chi connectivity index (χ2v) is 6.74. The third-order valence-corrected chi connectivity index (χ3v) is 5.15. The van der Waals surface area contributed by atoms with Crippen molar-refractivity contribution in [3.8, 4) is 11.8 Å². The fourth-order valence-electron chi connectivity index (χ4n) is 2.00. The van der Waals surface area contributed by atoms with Crippen LogP contribution in [0.5, 0.6) is 0 Å². The summed E-state index contributed by atoms with van der Waals surface area (Å²) in [4.78, 5) is 5.80. The van der Waals surface area contributed by atoms with E-state index in [0.717, 1.165) is 10.6 Å². The summed E-state index contributed by atoms with van der Waals surface area (Å²) in [6.07, 6.45) is 0.539. The molecule has 3 aromatic rings. The number of benzene rings is 1. The zero-order valence-corrected chi connectivity index (χ0v) is 13.1. The number of hydrogen-bond acceptors (Lipinski definition) is 3. The second-order valence-electron chi connectivity index (χ2n) is 4.55. The number of nitrogens with one attached hydrogen (secondary N) is 1. The molecule has 21 heavy (non-hydrogen) atoms. The molecule has 2 heterocycles. The summed E-state index contributed by atoms with van der Waals surface area (Å²) in [5.41, 5.74) is 1.18. The molecule has 4 heteroatoms. The maximum absolute atomic E-state index is 8.71. The van der Waals surface area contributed by atoms with Crippen LogP contribution < -0.4 is 0 Å². The summed E-state index contributed by atoms with van der Waals surface area (Å²) in [7, 11) is 0. The molecule has 0 unspecified atom stereocenters. The monoisotopic (exact) mass is 313 g/mol. The molecule has 0 saturated heterocycles. The van der Waals surface area contributed by atoms with Crippen molar-refractivity contribution in [1.29, 1.82) is 0 Å². The van der Waals surface area contributed by atoms with E-state index in [1.807, 2.05) is 17.8 Å². The zero-order chi connectivity index (χ0) is 14.5. The molecule has 0 radical (unpaired) electrons.